The second kappa shape index (κ2) is 6.86. The van der Waals surface area contributed by atoms with Crippen LogP contribution in [0.4, 0.5) is 0 Å². The van der Waals surface area contributed by atoms with E-state index in [9.17, 15) is 10.0 Å². The number of carbonyl (C=O) groups is 1. The van der Waals surface area contributed by atoms with Crippen LogP contribution in [-0.2, 0) is 10.0 Å². The topological polar surface area (TPSA) is 40.2 Å². The van der Waals surface area contributed by atoms with Crippen LogP contribution in [0.25, 0.3) is 0 Å². The predicted molar refractivity (Wildman–Crippen MR) is 81.8 cm³/mol. The standard InChI is InChI=1S/C17H30NO2/c1-6-7-8-9-10-11-12-14-15(13-19)17(4,5)18(20)16(14,2)3/h13H,6-12H2,1-5H3. The number of hydrogen-bond acceptors (Lipinski definition) is 2. The van der Waals surface area contributed by atoms with Crippen LogP contribution in [0.5, 0.6) is 0 Å². The van der Waals surface area contributed by atoms with Crippen LogP contribution in [0.15, 0.2) is 11.1 Å². The molecule has 0 spiro atoms. The third kappa shape index (κ3) is 3.32. The Hall–Kier alpha value is -0.670. The van der Waals surface area contributed by atoms with Gasteiger partial charge in [0.05, 0.1) is 11.1 Å². The lowest BCUT2D eigenvalue weighted by Gasteiger charge is -2.34. The maximum Gasteiger partial charge on any atom is 0.147 e. The fourth-order valence-electron chi connectivity index (χ4n) is 3.37. The average molecular weight is 280 g/mol. The zero-order chi connectivity index (χ0) is 15.4. The molecule has 1 rings (SSSR count). The first kappa shape index (κ1) is 17.4. The maximum absolute atomic E-state index is 12.4. The molecule has 115 valence electrons. The quantitative estimate of drug-likeness (QED) is 0.487. The van der Waals surface area contributed by atoms with E-state index in [1.54, 1.807) is 0 Å². The Balaban J connectivity index is 2.67. The molecule has 0 N–H and O–H groups in total. The molecule has 0 amide bonds. The van der Waals surface area contributed by atoms with Crippen molar-refractivity contribution in [3.05, 3.63) is 11.1 Å². The van der Waals surface area contributed by atoms with Crippen molar-refractivity contribution in [1.82, 2.24) is 5.06 Å². The van der Waals surface area contributed by atoms with Crippen molar-refractivity contribution < 1.29 is 10.0 Å². The Morgan fingerprint density at radius 1 is 0.950 bits per heavy atom. The number of carbonyl (C=O) groups excluding carboxylic acids is 1. The molecule has 0 aromatic heterocycles. The first-order valence-corrected chi connectivity index (χ1v) is 7.96. The van der Waals surface area contributed by atoms with E-state index < -0.39 is 11.1 Å². The van der Waals surface area contributed by atoms with Crippen LogP contribution in [0, 0.1) is 0 Å². The van der Waals surface area contributed by atoms with Gasteiger partial charge in [0.15, 0.2) is 0 Å². The second-order valence-electron chi connectivity index (χ2n) is 6.94. The molecule has 1 radical (unpaired) electrons. The minimum Gasteiger partial charge on any atom is -0.298 e. The highest BCUT2D eigenvalue weighted by molar-refractivity contribution is 5.80. The molecule has 1 heterocycles. The highest BCUT2D eigenvalue weighted by Crippen LogP contribution is 2.45. The van der Waals surface area contributed by atoms with E-state index in [2.05, 4.69) is 6.92 Å². The van der Waals surface area contributed by atoms with Gasteiger partial charge < -0.3 is 0 Å². The average Bonchev–Trinajstić information content (AvgIpc) is 2.51. The molecule has 20 heavy (non-hydrogen) atoms. The van der Waals surface area contributed by atoms with Gasteiger partial charge in [-0.2, -0.15) is 0 Å². The lowest BCUT2D eigenvalue weighted by atomic mass is 9.87. The van der Waals surface area contributed by atoms with Gasteiger partial charge in [0.1, 0.15) is 6.29 Å². The number of rotatable bonds is 8. The minimum atomic E-state index is -0.692. The number of hydroxylamine groups is 2. The predicted octanol–water partition coefficient (Wildman–Crippen LogP) is 4.45. The van der Waals surface area contributed by atoms with E-state index >= 15 is 0 Å². The summed E-state index contributed by atoms with van der Waals surface area (Å²) >= 11 is 0. The Bertz CT molecular complexity index is 369. The van der Waals surface area contributed by atoms with Crippen molar-refractivity contribution >= 4 is 6.29 Å². The van der Waals surface area contributed by atoms with E-state index in [1.807, 2.05) is 27.7 Å². The lowest BCUT2D eigenvalue weighted by molar-refractivity contribution is -0.240. The summed E-state index contributed by atoms with van der Waals surface area (Å²) in [6, 6.07) is 0. The molecule has 0 aliphatic carbocycles. The Kier molecular flexibility index (Phi) is 5.96. The fourth-order valence-corrected chi connectivity index (χ4v) is 3.37. The summed E-state index contributed by atoms with van der Waals surface area (Å²) in [5, 5.41) is 13.5. The highest BCUT2D eigenvalue weighted by atomic mass is 16.5. The number of nitrogens with zero attached hydrogens (tertiary/aromatic N) is 1. The Morgan fingerprint density at radius 2 is 1.50 bits per heavy atom. The molecule has 0 saturated carbocycles. The van der Waals surface area contributed by atoms with Crippen LogP contribution in [0.3, 0.4) is 0 Å². The Morgan fingerprint density at radius 3 is 2.05 bits per heavy atom. The summed E-state index contributed by atoms with van der Waals surface area (Å²) in [5.41, 5.74) is 0.500. The van der Waals surface area contributed by atoms with E-state index in [1.165, 1.54) is 32.1 Å². The van der Waals surface area contributed by atoms with Gasteiger partial charge in [-0.25, -0.2) is 0 Å². The third-order valence-corrected chi connectivity index (χ3v) is 4.64. The zero-order valence-corrected chi connectivity index (χ0v) is 13.8. The van der Waals surface area contributed by atoms with Crippen LogP contribution < -0.4 is 0 Å². The van der Waals surface area contributed by atoms with Crippen molar-refractivity contribution in [3.63, 3.8) is 0 Å². The molecule has 0 atom stereocenters. The SMILES string of the molecule is CCCCCCCCC1=C(C=O)C(C)(C)N([O])C1(C)C. The third-order valence-electron chi connectivity index (χ3n) is 4.64. The summed E-state index contributed by atoms with van der Waals surface area (Å²) in [6.07, 6.45) is 9.12. The molecule has 0 aromatic rings. The molecule has 0 fully saturated rings. The zero-order valence-electron chi connectivity index (χ0n) is 13.8. The van der Waals surface area contributed by atoms with Crippen molar-refractivity contribution in [1.29, 1.82) is 0 Å². The molecule has 0 aromatic carbocycles. The van der Waals surface area contributed by atoms with Gasteiger partial charge in [-0.15, -0.1) is 10.3 Å². The van der Waals surface area contributed by atoms with Crippen LogP contribution in [0.1, 0.15) is 79.6 Å². The van der Waals surface area contributed by atoms with Gasteiger partial charge in [-0.05, 0) is 46.1 Å². The molecule has 0 unspecified atom stereocenters. The molecular weight excluding hydrogens is 250 g/mol. The van der Waals surface area contributed by atoms with Crippen LogP contribution in [-0.4, -0.2) is 22.4 Å². The molecule has 0 saturated heterocycles. The van der Waals surface area contributed by atoms with Crippen LogP contribution in [0.2, 0.25) is 0 Å². The summed E-state index contributed by atoms with van der Waals surface area (Å²) in [5.74, 6) is 0. The van der Waals surface area contributed by atoms with Crippen molar-refractivity contribution in [3.8, 4) is 0 Å². The summed E-state index contributed by atoms with van der Waals surface area (Å²) in [4.78, 5) is 11.4. The number of hydrogen-bond donors (Lipinski definition) is 0. The van der Waals surface area contributed by atoms with Crippen molar-refractivity contribution in [2.45, 2.75) is 90.6 Å². The maximum atomic E-state index is 12.4. The first-order valence-electron chi connectivity index (χ1n) is 7.96. The van der Waals surface area contributed by atoms with E-state index in [0.717, 1.165) is 29.8 Å². The molecule has 1 aliphatic rings. The van der Waals surface area contributed by atoms with Gasteiger partial charge in [-0.3, -0.25) is 4.79 Å². The molecule has 0 bridgehead atoms. The van der Waals surface area contributed by atoms with Crippen molar-refractivity contribution in [2.24, 2.45) is 0 Å². The second-order valence-corrected chi connectivity index (χ2v) is 6.94. The van der Waals surface area contributed by atoms with E-state index in [0.29, 0.717) is 5.57 Å². The van der Waals surface area contributed by atoms with Gasteiger partial charge >= 0.3 is 0 Å². The normalized spacial score (nSPS) is 21.5. The van der Waals surface area contributed by atoms with E-state index in [-0.39, 0.29) is 0 Å². The summed E-state index contributed by atoms with van der Waals surface area (Å²) in [7, 11) is 0. The molecule has 3 heteroatoms. The number of unbranched alkanes of at least 4 members (excludes halogenated alkanes) is 5. The number of aldehydes is 1. The largest absolute Gasteiger partial charge is 0.298 e. The molecular formula is C17H30NO2. The van der Waals surface area contributed by atoms with Crippen LogP contribution >= 0.6 is 0 Å². The monoisotopic (exact) mass is 280 g/mol. The smallest absolute Gasteiger partial charge is 0.147 e. The van der Waals surface area contributed by atoms with E-state index in [4.69, 9.17) is 0 Å². The van der Waals surface area contributed by atoms with Gasteiger partial charge in [0.2, 0.25) is 0 Å². The molecule has 3 nitrogen and oxygen atoms in total. The van der Waals surface area contributed by atoms with Gasteiger partial charge in [0, 0.05) is 5.57 Å². The lowest BCUT2D eigenvalue weighted by Crippen LogP contribution is -2.47. The summed E-state index contributed by atoms with van der Waals surface area (Å²) < 4.78 is 0. The highest BCUT2D eigenvalue weighted by Gasteiger charge is 2.51. The van der Waals surface area contributed by atoms with Gasteiger partial charge in [-0.1, -0.05) is 39.0 Å². The first-order chi connectivity index (χ1) is 9.30. The Labute approximate surface area is 124 Å². The van der Waals surface area contributed by atoms with Crippen molar-refractivity contribution in [2.75, 3.05) is 0 Å². The molecule has 1 aliphatic heterocycles. The fraction of sp³-hybridized carbons (Fsp3) is 0.824. The summed E-state index contributed by atoms with van der Waals surface area (Å²) in [6.45, 7) is 9.78. The van der Waals surface area contributed by atoms with Gasteiger partial charge in [0.25, 0.3) is 0 Å². The minimum absolute atomic E-state index is 0.552.